The highest BCUT2D eigenvalue weighted by Crippen LogP contribution is 2.16. The Bertz CT molecular complexity index is 1650. The molecule has 0 heterocycles. The molecule has 0 aliphatic heterocycles. The van der Waals surface area contributed by atoms with Gasteiger partial charge < -0.3 is 14.2 Å². The zero-order chi connectivity index (χ0) is 57.8. The third-order valence-electron chi connectivity index (χ3n) is 14.2. The zero-order valence-corrected chi connectivity index (χ0v) is 52.3. The van der Waals surface area contributed by atoms with Gasteiger partial charge in [0.1, 0.15) is 13.2 Å². The van der Waals surface area contributed by atoms with Gasteiger partial charge in [-0.25, -0.2) is 0 Å². The lowest BCUT2D eigenvalue weighted by Gasteiger charge is -2.18. The summed E-state index contributed by atoms with van der Waals surface area (Å²) < 4.78 is 16.8. The maximum atomic E-state index is 12.9. The van der Waals surface area contributed by atoms with Crippen molar-refractivity contribution in [2.24, 2.45) is 0 Å². The Hall–Kier alpha value is -4.19. The Morgan fingerprint density at radius 1 is 0.263 bits per heavy atom. The molecule has 0 rings (SSSR count). The fraction of sp³-hybridized carbons (Fsp3) is 0.689. The van der Waals surface area contributed by atoms with E-state index in [9.17, 15) is 14.4 Å². The van der Waals surface area contributed by atoms with Gasteiger partial charge in [-0.2, -0.15) is 0 Å². The van der Waals surface area contributed by atoms with Crippen LogP contribution in [0.2, 0.25) is 0 Å². The lowest BCUT2D eigenvalue weighted by atomic mass is 10.0. The lowest BCUT2D eigenvalue weighted by Crippen LogP contribution is -2.30. The lowest BCUT2D eigenvalue weighted by molar-refractivity contribution is -0.167. The number of esters is 3. The second-order valence-electron chi connectivity index (χ2n) is 22.0. The molecule has 0 N–H and O–H groups in total. The highest BCUT2D eigenvalue weighted by molar-refractivity contribution is 5.71. The van der Waals surface area contributed by atoms with Crippen molar-refractivity contribution in [3.8, 4) is 0 Å². The average molecular weight is 1110 g/mol. The normalized spacial score (nSPS) is 12.9. The van der Waals surface area contributed by atoms with Crippen molar-refractivity contribution in [2.75, 3.05) is 13.2 Å². The van der Waals surface area contributed by atoms with E-state index in [1.165, 1.54) is 161 Å². The minimum atomic E-state index is -0.802. The van der Waals surface area contributed by atoms with Gasteiger partial charge in [-0.1, -0.05) is 303 Å². The van der Waals surface area contributed by atoms with E-state index in [0.717, 1.165) is 103 Å². The highest BCUT2D eigenvalue weighted by Gasteiger charge is 2.19. The number of rotatable bonds is 60. The fourth-order valence-corrected chi connectivity index (χ4v) is 9.21. The number of hydrogen-bond acceptors (Lipinski definition) is 6. The molecule has 0 bridgehead atoms. The van der Waals surface area contributed by atoms with Crippen LogP contribution in [0.3, 0.4) is 0 Å². The quantitative estimate of drug-likeness (QED) is 0.0261. The van der Waals surface area contributed by atoms with Crippen molar-refractivity contribution >= 4 is 17.9 Å². The van der Waals surface area contributed by atoms with Gasteiger partial charge in [0.25, 0.3) is 0 Å². The van der Waals surface area contributed by atoms with Crippen LogP contribution in [-0.2, 0) is 28.6 Å². The topological polar surface area (TPSA) is 78.9 Å². The van der Waals surface area contributed by atoms with Crippen LogP contribution in [0.15, 0.2) is 122 Å². The number of ether oxygens (including phenoxy) is 3. The zero-order valence-electron chi connectivity index (χ0n) is 52.3. The summed E-state index contributed by atoms with van der Waals surface area (Å²) in [7, 11) is 0. The van der Waals surface area contributed by atoms with E-state index in [4.69, 9.17) is 14.2 Å². The van der Waals surface area contributed by atoms with Crippen LogP contribution < -0.4 is 0 Å². The molecule has 0 aromatic heterocycles. The number of unbranched alkanes of at least 4 members (excludes halogenated alkanes) is 29. The van der Waals surface area contributed by atoms with Gasteiger partial charge >= 0.3 is 17.9 Å². The SMILES string of the molecule is CC/C=C\C/C=C\C/C=C\C/C=C\C/C=C\C/C=C\C/C=C\C/C=C\C/C=C\CCCC(=O)OCC(COC(=O)CCCCCCCCCC)OC(=O)CCCCCCCCCCCCCCC/C=C\CCCCCCCCCC. The van der Waals surface area contributed by atoms with Gasteiger partial charge in [-0.15, -0.1) is 0 Å². The van der Waals surface area contributed by atoms with Gasteiger partial charge in [-0.05, 0) is 109 Å². The molecule has 80 heavy (non-hydrogen) atoms. The van der Waals surface area contributed by atoms with E-state index in [0.29, 0.717) is 19.3 Å². The summed E-state index contributed by atoms with van der Waals surface area (Å²) in [4.78, 5) is 38.2. The molecule has 0 fully saturated rings. The summed E-state index contributed by atoms with van der Waals surface area (Å²) in [5.41, 5.74) is 0. The molecular formula is C74H124O6. The molecule has 6 heteroatoms. The molecule has 0 aromatic carbocycles. The van der Waals surface area contributed by atoms with Crippen molar-refractivity contribution < 1.29 is 28.6 Å². The second kappa shape index (κ2) is 67.3. The van der Waals surface area contributed by atoms with Crippen LogP contribution in [0.1, 0.15) is 310 Å². The van der Waals surface area contributed by atoms with E-state index >= 15 is 0 Å². The first-order chi connectivity index (χ1) is 39.5. The largest absolute Gasteiger partial charge is 0.462 e. The predicted octanol–water partition coefficient (Wildman–Crippen LogP) is 23.2. The Labute approximate surface area is 494 Å². The molecule has 6 nitrogen and oxygen atoms in total. The third kappa shape index (κ3) is 64.6. The van der Waals surface area contributed by atoms with Crippen LogP contribution in [0.4, 0.5) is 0 Å². The maximum absolute atomic E-state index is 12.9. The summed E-state index contributed by atoms with van der Waals surface area (Å²) in [5.74, 6) is -0.957. The van der Waals surface area contributed by atoms with E-state index in [1.807, 2.05) is 0 Å². The standard InChI is InChI=1S/C74H124O6/c1-4-7-10-13-16-19-21-23-25-27-29-31-33-35-36-37-38-40-41-43-45-47-49-51-53-55-58-61-64-67-73(76)79-70-71(69-78-72(75)66-63-60-57-18-15-12-9-6-3)80-74(77)68-65-62-59-56-54-52-50-48-46-44-42-39-34-32-30-28-26-24-22-20-17-14-11-8-5-2/h7,10,16,19,23,25,28-31,35-36,38,40,43,45,49,51,55,58,71H,4-6,8-9,11-15,17-18,20-22,24,26-27,32-34,37,39,41-42,44,46-48,50,52-54,56-57,59-70H2,1-3H3/b10-7-,19-16-,25-23-,30-28-,31-29-,36-35-,40-38-,45-43-,51-49-,58-55-. The van der Waals surface area contributed by atoms with Crippen LogP contribution in [0, 0.1) is 0 Å². The minimum absolute atomic E-state index is 0.0958. The first-order valence-electron chi connectivity index (χ1n) is 33.5. The smallest absolute Gasteiger partial charge is 0.306 e. The van der Waals surface area contributed by atoms with Crippen molar-refractivity contribution in [3.05, 3.63) is 122 Å². The van der Waals surface area contributed by atoms with E-state index in [2.05, 4.69) is 142 Å². The number of hydrogen-bond donors (Lipinski definition) is 0. The van der Waals surface area contributed by atoms with Crippen molar-refractivity contribution in [1.82, 2.24) is 0 Å². The average Bonchev–Trinajstić information content (AvgIpc) is 3.46. The first-order valence-corrected chi connectivity index (χ1v) is 33.5. The number of carbonyl (C=O) groups excluding carboxylic acids is 3. The number of carbonyl (C=O) groups is 3. The van der Waals surface area contributed by atoms with E-state index in [1.54, 1.807) is 0 Å². The summed E-state index contributed by atoms with van der Waals surface area (Å²) >= 11 is 0. The molecule has 0 saturated heterocycles. The van der Waals surface area contributed by atoms with Crippen molar-refractivity contribution in [1.29, 1.82) is 0 Å². The maximum Gasteiger partial charge on any atom is 0.306 e. The Morgan fingerprint density at radius 3 is 0.825 bits per heavy atom. The van der Waals surface area contributed by atoms with Crippen LogP contribution in [0.5, 0.6) is 0 Å². The molecule has 0 amide bonds. The van der Waals surface area contributed by atoms with Crippen molar-refractivity contribution in [3.63, 3.8) is 0 Å². The molecule has 1 unspecified atom stereocenters. The molecule has 0 aliphatic rings. The van der Waals surface area contributed by atoms with Gasteiger partial charge in [-0.3, -0.25) is 14.4 Å². The van der Waals surface area contributed by atoms with Gasteiger partial charge in [0.2, 0.25) is 0 Å². The second-order valence-corrected chi connectivity index (χ2v) is 22.0. The molecular weight excluding hydrogens is 985 g/mol. The van der Waals surface area contributed by atoms with Crippen LogP contribution >= 0.6 is 0 Å². The summed E-state index contributed by atoms with van der Waals surface area (Å²) in [5, 5.41) is 0. The predicted molar refractivity (Wildman–Crippen MR) is 348 cm³/mol. The summed E-state index contributed by atoms with van der Waals surface area (Å²) in [6.45, 7) is 6.47. The monoisotopic (exact) mass is 1110 g/mol. The molecule has 0 saturated carbocycles. The summed E-state index contributed by atoms with van der Waals surface area (Å²) in [6, 6.07) is 0. The Balaban J connectivity index is 4.27. The van der Waals surface area contributed by atoms with E-state index in [-0.39, 0.29) is 37.5 Å². The third-order valence-corrected chi connectivity index (χ3v) is 14.2. The highest BCUT2D eigenvalue weighted by atomic mass is 16.6. The number of allylic oxidation sites excluding steroid dienone is 20. The van der Waals surface area contributed by atoms with Gasteiger partial charge in [0.05, 0.1) is 0 Å². The van der Waals surface area contributed by atoms with Crippen LogP contribution in [0.25, 0.3) is 0 Å². The van der Waals surface area contributed by atoms with Gasteiger partial charge in [0.15, 0.2) is 6.10 Å². The first kappa shape index (κ1) is 75.8. The molecule has 0 spiro atoms. The van der Waals surface area contributed by atoms with Crippen LogP contribution in [-0.4, -0.2) is 37.2 Å². The molecule has 0 aromatic rings. The fourth-order valence-electron chi connectivity index (χ4n) is 9.21. The molecule has 0 aliphatic carbocycles. The molecule has 0 radical (unpaired) electrons. The molecule has 1 atom stereocenters. The summed E-state index contributed by atoms with van der Waals surface area (Å²) in [6.07, 6.45) is 93.8. The minimum Gasteiger partial charge on any atom is -0.462 e. The molecule has 456 valence electrons. The Kier molecular flexibility index (Phi) is 63.8. The van der Waals surface area contributed by atoms with Gasteiger partial charge in [0, 0.05) is 19.3 Å². The Morgan fingerprint density at radius 2 is 0.500 bits per heavy atom. The van der Waals surface area contributed by atoms with E-state index < -0.39 is 6.10 Å². The van der Waals surface area contributed by atoms with Crippen molar-refractivity contribution in [2.45, 2.75) is 316 Å².